The van der Waals surface area contributed by atoms with E-state index in [0.717, 1.165) is 11.3 Å². The van der Waals surface area contributed by atoms with Crippen LogP contribution >= 0.6 is 0 Å². The number of hydrogen-bond donors (Lipinski definition) is 1. The molecule has 5 heteroatoms. The smallest absolute Gasteiger partial charge is 0.248 e. The highest BCUT2D eigenvalue weighted by molar-refractivity contribution is 6.01. The van der Waals surface area contributed by atoms with Gasteiger partial charge in [0, 0.05) is 11.8 Å². The maximum Gasteiger partial charge on any atom is 0.248 e. The molecule has 1 N–H and O–H groups in total. The van der Waals surface area contributed by atoms with Gasteiger partial charge in [0.2, 0.25) is 5.91 Å². The van der Waals surface area contributed by atoms with Crippen LogP contribution in [0.15, 0.2) is 48.5 Å². The van der Waals surface area contributed by atoms with Gasteiger partial charge in [0.15, 0.2) is 11.5 Å². The van der Waals surface area contributed by atoms with Crippen molar-refractivity contribution in [3.05, 3.63) is 54.1 Å². The number of ether oxygens (including phenoxy) is 3. The average molecular weight is 355 g/mol. The summed E-state index contributed by atoms with van der Waals surface area (Å²) in [4.78, 5) is 12.1. The zero-order valence-corrected chi connectivity index (χ0v) is 15.6. The molecule has 0 unspecified atom stereocenters. The van der Waals surface area contributed by atoms with Crippen molar-refractivity contribution in [3.63, 3.8) is 0 Å². The van der Waals surface area contributed by atoms with Gasteiger partial charge in [-0.1, -0.05) is 19.9 Å². The van der Waals surface area contributed by atoms with Crippen LogP contribution in [0.25, 0.3) is 6.08 Å². The molecule has 0 fully saturated rings. The summed E-state index contributed by atoms with van der Waals surface area (Å²) in [6.07, 6.45) is 3.21. The van der Waals surface area contributed by atoms with Crippen LogP contribution < -0.4 is 19.5 Å². The zero-order valence-electron chi connectivity index (χ0n) is 15.6. The predicted octanol–water partition coefficient (Wildman–Crippen LogP) is 4.39. The second-order valence-electron chi connectivity index (χ2n) is 6.17. The number of anilines is 1. The van der Waals surface area contributed by atoms with Crippen LogP contribution in [-0.4, -0.2) is 26.7 Å². The van der Waals surface area contributed by atoms with Crippen molar-refractivity contribution in [3.8, 4) is 17.2 Å². The Morgan fingerprint density at radius 1 is 1.04 bits per heavy atom. The van der Waals surface area contributed by atoms with Crippen LogP contribution in [0.4, 0.5) is 5.69 Å². The largest absolute Gasteiger partial charge is 0.497 e. The van der Waals surface area contributed by atoms with Gasteiger partial charge in [0.1, 0.15) is 5.75 Å². The van der Waals surface area contributed by atoms with Crippen LogP contribution in [-0.2, 0) is 4.79 Å². The molecule has 0 spiro atoms. The SMILES string of the molecule is COc1ccc(NC(=O)/C=C/c2ccc(OCC(C)C)c(OC)c2)cc1. The van der Waals surface area contributed by atoms with E-state index in [4.69, 9.17) is 14.2 Å². The molecule has 0 aliphatic carbocycles. The number of benzene rings is 2. The van der Waals surface area contributed by atoms with Crippen molar-refractivity contribution in [1.29, 1.82) is 0 Å². The highest BCUT2D eigenvalue weighted by Crippen LogP contribution is 2.29. The van der Waals surface area contributed by atoms with E-state index < -0.39 is 0 Å². The van der Waals surface area contributed by atoms with E-state index in [-0.39, 0.29) is 5.91 Å². The second-order valence-corrected chi connectivity index (χ2v) is 6.17. The van der Waals surface area contributed by atoms with E-state index in [0.29, 0.717) is 29.7 Å². The van der Waals surface area contributed by atoms with Crippen molar-refractivity contribution in [2.24, 2.45) is 5.92 Å². The van der Waals surface area contributed by atoms with Gasteiger partial charge in [-0.25, -0.2) is 0 Å². The van der Waals surface area contributed by atoms with Crippen LogP contribution in [0.1, 0.15) is 19.4 Å². The Morgan fingerprint density at radius 2 is 1.77 bits per heavy atom. The first-order valence-electron chi connectivity index (χ1n) is 8.45. The molecule has 2 rings (SSSR count). The number of rotatable bonds is 8. The fraction of sp³-hybridized carbons (Fsp3) is 0.286. The summed E-state index contributed by atoms with van der Waals surface area (Å²) in [5.41, 5.74) is 1.55. The topological polar surface area (TPSA) is 56.8 Å². The maximum absolute atomic E-state index is 12.1. The minimum absolute atomic E-state index is 0.214. The first kappa shape index (κ1) is 19.4. The summed E-state index contributed by atoms with van der Waals surface area (Å²) in [6.45, 7) is 4.80. The highest BCUT2D eigenvalue weighted by atomic mass is 16.5. The number of amides is 1. The van der Waals surface area contributed by atoms with E-state index in [1.807, 2.05) is 18.2 Å². The number of hydrogen-bond acceptors (Lipinski definition) is 4. The summed E-state index contributed by atoms with van der Waals surface area (Å²) in [7, 11) is 3.20. The van der Waals surface area contributed by atoms with E-state index in [1.54, 1.807) is 44.6 Å². The Bertz CT molecular complexity index is 751. The second kappa shape index (κ2) is 9.51. The molecule has 1 amide bonds. The zero-order chi connectivity index (χ0) is 18.9. The van der Waals surface area contributed by atoms with Gasteiger partial charge in [-0.2, -0.15) is 0 Å². The van der Waals surface area contributed by atoms with Gasteiger partial charge in [0.05, 0.1) is 20.8 Å². The van der Waals surface area contributed by atoms with Gasteiger partial charge < -0.3 is 19.5 Å². The van der Waals surface area contributed by atoms with E-state index in [9.17, 15) is 4.79 Å². The molecule has 5 nitrogen and oxygen atoms in total. The molecular weight excluding hydrogens is 330 g/mol. The van der Waals surface area contributed by atoms with Gasteiger partial charge >= 0.3 is 0 Å². The van der Waals surface area contributed by atoms with E-state index >= 15 is 0 Å². The third kappa shape index (κ3) is 5.84. The third-order valence-electron chi connectivity index (χ3n) is 3.54. The number of nitrogens with one attached hydrogen (secondary N) is 1. The fourth-order valence-corrected chi connectivity index (χ4v) is 2.19. The quantitative estimate of drug-likeness (QED) is 0.714. The number of carbonyl (C=O) groups is 1. The minimum Gasteiger partial charge on any atom is -0.497 e. The Labute approximate surface area is 154 Å². The van der Waals surface area contributed by atoms with Crippen LogP contribution in [0.3, 0.4) is 0 Å². The molecule has 0 atom stereocenters. The summed E-state index contributed by atoms with van der Waals surface area (Å²) in [5.74, 6) is 2.30. The molecule has 2 aromatic carbocycles. The third-order valence-corrected chi connectivity index (χ3v) is 3.54. The van der Waals surface area contributed by atoms with Crippen molar-refractivity contribution in [2.45, 2.75) is 13.8 Å². The number of carbonyl (C=O) groups excluding carboxylic acids is 1. The molecule has 2 aromatic rings. The van der Waals surface area contributed by atoms with Crippen LogP contribution in [0.2, 0.25) is 0 Å². The molecule has 26 heavy (non-hydrogen) atoms. The van der Waals surface area contributed by atoms with Gasteiger partial charge in [0.25, 0.3) is 0 Å². The van der Waals surface area contributed by atoms with Gasteiger partial charge in [-0.15, -0.1) is 0 Å². The van der Waals surface area contributed by atoms with E-state index in [2.05, 4.69) is 19.2 Å². The lowest BCUT2D eigenvalue weighted by Gasteiger charge is -2.12. The first-order valence-corrected chi connectivity index (χ1v) is 8.45. The molecular formula is C21H25NO4. The van der Waals surface area contributed by atoms with Gasteiger partial charge in [-0.05, 0) is 54.0 Å². The van der Waals surface area contributed by atoms with Crippen molar-refractivity contribution < 1.29 is 19.0 Å². The lowest BCUT2D eigenvalue weighted by Crippen LogP contribution is -2.07. The molecule has 138 valence electrons. The first-order chi connectivity index (χ1) is 12.5. The minimum atomic E-state index is -0.214. The van der Waals surface area contributed by atoms with Gasteiger partial charge in [-0.3, -0.25) is 4.79 Å². The monoisotopic (exact) mass is 355 g/mol. The number of methoxy groups -OCH3 is 2. The lowest BCUT2D eigenvalue weighted by molar-refractivity contribution is -0.111. The van der Waals surface area contributed by atoms with E-state index in [1.165, 1.54) is 6.08 Å². The van der Waals surface area contributed by atoms with Crippen LogP contribution in [0, 0.1) is 5.92 Å². The predicted molar refractivity (Wildman–Crippen MR) is 104 cm³/mol. The maximum atomic E-state index is 12.1. The molecule has 0 heterocycles. The Hall–Kier alpha value is -2.95. The Morgan fingerprint density at radius 3 is 2.38 bits per heavy atom. The standard InChI is InChI=1S/C21H25NO4/c1-15(2)14-26-19-11-5-16(13-20(19)25-4)6-12-21(23)22-17-7-9-18(24-3)10-8-17/h5-13,15H,14H2,1-4H3,(H,22,23)/b12-6+. The highest BCUT2D eigenvalue weighted by Gasteiger charge is 2.06. The molecule has 0 aromatic heterocycles. The molecule has 0 saturated carbocycles. The Balaban J connectivity index is 2.00. The molecule has 0 bridgehead atoms. The van der Waals surface area contributed by atoms with Crippen LogP contribution in [0.5, 0.6) is 17.2 Å². The summed E-state index contributed by atoms with van der Waals surface area (Å²) >= 11 is 0. The summed E-state index contributed by atoms with van der Waals surface area (Å²) in [5, 5.41) is 2.80. The summed E-state index contributed by atoms with van der Waals surface area (Å²) in [6, 6.07) is 12.7. The molecule has 0 saturated heterocycles. The fourth-order valence-electron chi connectivity index (χ4n) is 2.19. The lowest BCUT2D eigenvalue weighted by atomic mass is 10.2. The average Bonchev–Trinajstić information content (AvgIpc) is 2.65. The van der Waals surface area contributed by atoms with Crippen molar-refractivity contribution in [2.75, 3.05) is 26.1 Å². The molecule has 0 aliphatic heterocycles. The molecule has 0 radical (unpaired) electrons. The van der Waals surface area contributed by atoms with Crippen molar-refractivity contribution in [1.82, 2.24) is 0 Å². The summed E-state index contributed by atoms with van der Waals surface area (Å²) < 4.78 is 16.2. The normalized spacial score (nSPS) is 10.8. The Kier molecular flexibility index (Phi) is 7.09. The molecule has 0 aliphatic rings. The van der Waals surface area contributed by atoms with Crippen molar-refractivity contribution >= 4 is 17.7 Å².